The Balaban J connectivity index is 1.48. The van der Waals surface area contributed by atoms with Gasteiger partial charge < -0.3 is 10.1 Å². The molecule has 7 nitrogen and oxygen atoms in total. The molecule has 0 unspecified atom stereocenters. The first-order valence-electron chi connectivity index (χ1n) is 8.74. The fourth-order valence-corrected chi connectivity index (χ4v) is 3.00. The molecular formula is C18H25N5O2. The van der Waals surface area contributed by atoms with Gasteiger partial charge in [0.1, 0.15) is 5.69 Å². The summed E-state index contributed by atoms with van der Waals surface area (Å²) < 4.78 is 7.10. The number of carbonyl (C=O) groups is 1. The van der Waals surface area contributed by atoms with Crippen LogP contribution in [-0.2, 0) is 13.6 Å². The maximum Gasteiger partial charge on any atom is 0.269 e. The van der Waals surface area contributed by atoms with Crippen molar-refractivity contribution in [2.75, 3.05) is 19.7 Å². The summed E-state index contributed by atoms with van der Waals surface area (Å²) in [5.74, 6) is 0.610. The Morgan fingerprint density at radius 2 is 2.28 bits per heavy atom. The van der Waals surface area contributed by atoms with Crippen molar-refractivity contribution < 1.29 is 9.53 Å². The number of ether oxygens (including phenoxy) is 1. The molecule has 3 rings (SSSR count). The third kappa shape index (κ3) is 4.57. The standard InChI is InChI=1S/C18H25N5O2/c1-3-10-25-17-5-4-14(11-19-17)12-23-9-7-15(13-23)21-18(24)16-6-8-20-22(16)2/h4-6,8,11,15H,3,7,9-10,12-13H2,1-2H3,(H,21,24)/t15-/m0/s1. The van der Waals surface area contributed by atoms with Gasteiger partial charge in [-0.1, -0.05) is 13.0 Å². The van der Waals surface area contributed by atoms with Gasteiger partial charge in [0.15, 0.2) is 0 Å². The number of aryl methyl sites for hydroxylation is 1. The molecule has 2 aromatic rings. The maximum absolute atomic E-state index is 12.3. The summed E-state index contributed by atoms with van der Waals surface area (Å²) in [4.78, 5) is 18.9. The van der Waals surface area contributed by atoms with Crippen LogP contribution >= 0.6 is 0 Å². The average molecular weight is 343 g/mol. The van der Waals surface area contributed by atoms with Crippen molar-refractivity contribution in [3.05, 3.63) is 41.9 Å². The minimum atomic E-state index is -0.0639. The molecule has 1 fully saturated rings. The molecule has 1 amide bonds. The molecular weight excluding hydrogens is 318 g/mol. The number of aromatic nitrogens is 3. The summed E-state index contributed by atoms with van der Waals surface area (Å²) in [7, 11) is 1.77. The highest BCUT2D eigenvalue weighted by Gasteiger charge is 2.25. The van der Waals surface area contributed by atoms with Crippen LogP contribution in [0.5, 0.6) is 5.88 Å². The van der Waals surface area contributed by atoms with E-state index in [1.807, 2.05) is 12.3 Å². The van der Waals surface area contributed by atoms with Crippen LogP contribution in [0.1, 0.15) is 35.8 Å². The SMILES string of the molecule is CCCOc1ccc(CN2CC[C@H](NC(=O)c3ccnn3C)C2)cn1. The molecule has 0 saturated carbocycles. The maximum atomic E-state index is 12.3. The van der Waals surface area contributed by atoms with Gasteiger partial charge in [0.2, 0.25) is 5.88 Å². The highest BCUT2D eigenvalue weighted by atomic mass is 16.5. The summed E-state index contributed by atoms with van der Waals surface area (Å²) in [6, 6.07) is 5.88. The van der Waals surface area contributed by atoms with Gasteiger partial charge in [-0.25, -0.2) is 4.98 Å². The third-order valence-corrected chi connectivity index (χ3v) is 4.32. The van der Waals surface area contributed by atoms with Crippen molar-refractivity contribution in [2.45, 2.75) is 32.4 Å². The molecule has 0 bridgehead atoms. The van der Waals surface area contributed by atoms with E-state index in [9.17, 15) is 4.79 Å². The zero-order valence-electron chi connectivity index (χ0n) is 14.8. The van der Waals surface area contributed by atoms with Gasteiger partial charge >= 0.3 is 0 Å². The molecule has 0 spiro atoms. The van der Waals surface area contributed by atoms with Crippen molar-refractivity contribution in [2.24, 2.45) is 7.05 Å². The van der Waals surface area contributed by atoms with Gasteiger partial charge in [0.05, 0.1) is 6.61 Å². The lowest BCUT2D eigenvalue weighted by Crippen LogP contribution is -2.37. The number of pyridine rings is 1. The van der Waals surface area contributed by atoms with E-state index in [0.717, 1.165) is 38.0 Å². The number of nitrogens with zero attached hydrogens (tertiary/aromatic N) is 4. The Morgan fingerprint density at radius 3 is 2.96 bits per heavy atom. The lowest BCUT2D eigenvalue weighted by Gasteiger charge is -2.17. The van der Waals surface area contributed by atoms with Gasteiger partial charge in [-0.05, 0) is 24.5 Å². The van der Waals surface area contributed by atoms with Crippen LogP contribution in [0.15, 0.2) is 30.6 Å². The Labute approximate surface area is 148 Å². The predicted octanol–water partition coefficient (Wildman–Crippen LogP) is 1.61. The van der Waals surface area contributed by atoms with E-state index < -0.39 is 0 Å². The largest absolute Gasteiger partial charge is 0.478 e. The molecule has 1 saturated heterocycles. The third-order valence-electron chi connectivity index (χ3n) is 4.32. The molecule has 0 aliphatic carbocycles. The van der Waals surface area contributed by atoms with Crippen LogP contribution < -0.4 is 10.1 Å². The van der Waals surface area contributed by atoms with Crippen LogP contribution in [0.2, 0.25) is 0 Å². The lowest BCUT2D eigenvalue weighted by atomic mass is 10.2. The van der Waals surface area contributed by atoms with E-state index in [2.05, 4.69) is 33.3 Å². The first-order chi connectivity index (χ1) is 12.2. The number of amides is 1. The molecule has 134 valence electrons. The number of likely N-dealkylation sites (tertiary alicyclic amines) is 1. The second-order valence-corrected chi connectivity index (χ2v) is 6.39. The van der Waals surface area contributed by atoms with E-state index in [1.165, 1.54) is 0 Å². The lowest BCUT2D eigenvalue weighted by molar-refractivity contribution is 0.0928. The zero-order chi connectivity index (χ0) is 17.6. The minimum Gasteiger partial charge on any atom is -0.478 e. The van der Waals surface area contributed by atoms with Gasteiger partial charge in [0, 0.05) is 51.2 Å². The van der Waals surface area contributed by atoms with Gasteiger partial charge in [-0.2, -0.15) is 5.10 Å². The monoisotopic (exact) mass is 343 g/mol. The number of hydrogen-bond donors (Lipinski definition) is 1. The van der Waals surface area contributed by atoms with E-state index in [0.29, 0.717) is 18.2 Å². The Hall–Kier alpha value is -2.41. The summed E-state index contributed by atoms with van der Waals surface area (Å²) in [5, 5.41) is 7.13. The molecule has 3 heterocycles. The van der Waals surface area contributed by atoms with Crippen molar-refractivity contribution >= 4 is 5.91 Å². The molecule has 1 aliphatic heterocycles. The summed E-state index contributed by atoms with van der Waals surface area (Å²) in [5.41, 5.74) is 1.74. The van der Waals surface area contributed by atoms with Crippen LogP contribution in [-0.4, -0.2) is 51.3 Å². The van der Waals surface area contributed by atoms with Gasteiger partial charge in [-0.3, -0.25) is 14.4 Å². The average Bonchev–Trinajstić information content (AvgIpc) is 3.23. The Kier molecular flexibility index (Phi) is 5.65. The predicted molar refractivity (Wildman–Crippen MR) is 94.4 cm³/mol. The van der Waals surface area contributed by atoms with Crippen LogP contribution in [0, 0.1) is 0 Å². The smallest absolute Gasteiger partial charge is 0.269 e. The van der Waals surface area contributed by atoms with Crippen LogP contribution in [0.25, 0.3) is 0 Å². The van der Waals surface area contributed by atoms with Crippen LogP contribution in [0.3, 0.4) is 0 Å². The summed E-state index contributed by atoms with van der Waals surface area (Å²) in [6.07, 6.45) is 5.43. The molecule has 0 aromatic carbocycles. The number of rotatable bonds is 7. The molecule has 1 atom stereocenters. The topological polar surface area (TPSA) is 72.3 Å². The fourth-order valence-electron chi connectivity index (χ4n) is 3.00. The molecule has 1 N–H and O–H groups in total. The number of carbonyl (C=O) groups excluding carboxylic acids is 1. The zero-order valence-corrected chi connectivity index (χ0v) is 14.8. The van der Waals surface area contributed by atoms with Crippen molar-refractivity contribution in [3.8, 4) is 5.88 Å². The molecule has 7 heteroatoms. The molecule has 25 heavy (non-hydrogen) atoms. The summed E-state index contributed by atoms with van der Waals surface area (Å²) in [6.45, 7) is 5.41. The van der Waals surface area contributed by atoms with Crippen LogP contribution in [0.4, 0.5) is 0 Å². The number of hydrogen-bond acceptors (Lipinski definition) is 5. The van der Waals surface area contributed by atoms with Gasteiger partial charge in [0.25, 0.3) is 5.91 Å². The molecule has 0 radical (unpaired) electrons. The van der Waals surface area contributed by atoms with Crippen molar-refractivity contribution in [1.82, 2.24) is 25.0 Å². The highest BCUT2D eigenvalue weighted by Crippen LogP contribution is 2.15. The van der Waals surface area contributed by atoms with Crippen molar-refractivity contribution in [1.29, 1.82) is 0 Å². The van der Waals surface area contributed by atoms with Crippen molar-refractivity contribution in [3.63, 3.8) is 0 Å². The second-order valence-electron chi connectivity index (χ2n) is 6.39. The second kappa shape index (κ2) is 8.11. The summed E-state index contributed by atoms with van der Waals surface area (Å²) >= 11 is 0. The van der Waals surface area contributed by atoms with E-state index in [-0.39, 0.29) is 11.9 Å². The van der Waals surface area contributed by atoms with E-state index in [1.54, 1.807) is 24.0 Å². The quantitative estimate of drug-likeness (QED) is 0.827. The van der Waals surface area contributed by atoms with Gasteiger partial charge in [-0.15, -0.1) is 0 Å². The Bertz CT molecular complexity index is 698. The first kappa shape index (κ1) is 17.4. The van der Waals surface area contributed by atoms with E-state index in [4.69, 9.17) is 4.74 Å². The molecule has 2 aromatic heterocycles. The first-order valence-corrected chi connectivity index (χ1v) is 8.74. The molecule has 1 aliphatic rings. The van der Waals surface area contributed by atoms with E-state index >= 15 is 0 Å². The highest BCUT2D eigenvalue weighted by molar-refractivity contribution is 5.92. The number of nitrogens with one attached hydrogen (secondary N) is 1. The Morgan fingerprint density at radius 1 is 1.40 bits per heavy atom. The minimum absolute atomic E-state index is 0.0639. The fraction of sp³-hybridized carbons (Fsp3) is 0.500. The normalized spacial score (nSPS) is 17.6.